The zero-order valence-corrected chi connectivity index (χ0v) is 11.6. The number of aliphatic carboxylic acids is 1. The fourth-order valence-corrected chi connectivity index (χ4v) is 1.67. The Morgan fingerprint density at radius 2 is 2.00 bits per heavy atom. The molecule has 1 unspecified atom stereocenters. The number of rotatable bonds is 5. The largest absolute Gasteiger partial charge is 0.480 e. The Kier molecular flexibility index (Phi) is 3.97. The lowest BCUT2D eigenvalue weighted by atomic mass is 9.98. The normalized spacial score (nSPS) is 13.4. The van der Waals surface area contributed by atoms with Crippen molar-refractivity contribution in [1.29, 1.82) is 0 Å². The number of aromatic nitrogens is 4. The molecular weight excluding hydrogens is 274 g/mol. The first-order chi connectivity index (χ1) is 9.96. The van der Waals surface area contributed by atoms with Crippen LogP contribution in [-0.4, -0.2) is 43.1 Å². The summed E-state index contributed by atoms with van der Waals surface area (Å²) in [6.45, 7) is 3.18. The highest BCUT2D eigenvalue weighted by molar-refractivity contribution is 5.98. The molecule has 0 bridgehead atoms. The predicted octanol–water partition coefficient (Wildman–Crippen LogP) is 0.850. The van der Waals surface area contributed by atoms with Gasteiger partial charge in [0.05, 0.1) is 0 Å². The number of nitrogens with one attached hydrogen (secondary N) is 2. The van der Waals surface area contributed by atoms with Crippen molar-refractivity contribution in [3.8, 4) is 11.4 Å². The van der Waals surface area contributed by atoms with Crippen LogP contribution in [0, 0.1) is 0 Å². The molecule has 0 saturated heterocycles. The zero-order valence-electron chi connectivity index (χ0n) is 11.6. The summed E-state index contributed by atoms with van der Waals surface area (Å²) in [6.07, 6.45) is 0.287. The summed E-state index contributed by atoms with van der Waals surface area (Å²) in [5.74, 6) is -1.09. The van der Waals surface area contributed by atoms with Crippen molar-refractivity contribution in [2.45, 2.75) is 25.8 Å². The molecular formula is C13H15N5O3. The number of carbonyl (C=O) groups is 2. The number of aromatic amines is 1. The van der Waals surface area contributed by atoms with E-state index in [-0.39, 0.29) is 6.42 Å². The highest BCUT2D eigenvalue weighted by atomic mass is 16.4. The van der Waals surface area contributed by atoms with Gasteiger partial charge in [-0.3, -0.25) is 4.79 Å². The van der Waals surface area contributed by atoms with Crippen LogP contribution in [0.15, 0.2) is 24.3 Å². The summed E-state index contributed by atoms with van der Waals surface area (Å²) in [5, 5.41) is 25.1. The minimum Gasteiger partial charge on any atom is -0.480 e. The molecule has 8 nitrogen and oxygen atoms in total. The maximum Gasteiger partial charge on any atom is 0.329 e. The molecule has 0 radical (unpaired) electrons. The third-order valence-electron chi connectivity index (χ3n) is 3.32. The number of hydrogen-bond acceptors (Lipinski definition) is 5. The zero-order chi connectivity index (χ0) is 15.5. The third kappa shape index (κ3) is 3.04. The van der Waals surface area contributed by atoms with E-state index in [1.54, 1.807) is 31.2 Å². The Morgan fingerprint density at radius 1 is 1.33 bits per heavy atom. The van der Waals surface area contributed by atoms with Crippen LogP contribution in [0.5, 0.6) is 0 Å². The SMILES string of the molecule is CCC(C)(NC(=O)c1ccc(-c2nn[nH]n2)cc1)C(=O)O. The number of carbonyl (C=O) groups excluding carboxylic acids is 1. The maximum absolute atomic E-state index is 12.1. The lowest BCUT2D eigenvalue weighted by Crippen LogP contribution is -2.51. The predicted molar refractivity (Wildman–Crippen MR) is 73.4 cm³/mol. The molecule has 0 aliphatic carbocycles. The number of carboxylic acids is 1. The van der Waals surface area contributed by atoms with Crippen LogP contribution < -0.4 is 5.32 Å². The molecule has 3 N–H and O–H groups in total. The van der Waals surface area contributed by atoms with E-state index in [1.165, 1.54) is 6.92 Å². The van der Waals surface area contributed by atoms with Gasteiger partial charge in [0.2, 0.25) is 5.82 Å². The Bertz CT molecular complexity index is 638. The molecule has 1 aromatic carbocycles. The lowest BCUT2D eigenvalue weighted by Gasteiger charge is -2.24. The maximum atomic E-state index is 12.1. The molecule has 1 atom stereocenters. The number of H-pyrrole nitrogens is 1. The van der Waals surface area contributed by atoms with Gasteiger partial charge in [0.25, 0.3) is 5.91 Å². The second-order valence-corrected chi connectivity index (χ2v) is 4.76. The van der Waals surface area contributed by atoms with Gasteiger partial charge >= 0.3 is 5.97 Å². The lowest BCUT2D eigenvalue weighted by molar-refractivity contribution is -0.143. The van der Waals surface area contributed by atoms with Crippen LogP contribution in [-0.2, 0) is 4.79 Å². The first-order valence-corrected chi connectivity index (χ1v) is 6.36. The molecule has 21 heavy (non-hydrogen) atoms. The molecule has 0 saturated carbocycles. The van der Waals surface area contributed by atoms with Crippen molar-refractivity contribution in [3.05, 3.63) is 29.8 Å². The van der Waals surface area contributed by atoms with Crippen molar-refractivity contribution in [2.24, 2.45) is 0 Å². The van der Waals surface area contributed by atoms with Crippen molar-refractivity contribution in [2.75, 3.05) is 0 Å². The number of benzene rings is 1. The van der Waals surface area contributed by atoms with E-state index in [0.29, 0.717) is 17.0 Å². The molecule has 0 fully saturated rings. The van der Waals surface area contributed by atoms with Gasteiger partial charge in [-0.25, -0.2) is 4.79 Å². The minimum atomic E-state index is -1.29. The monoisotopic (exact) mass is 289 g/mol. The van der Waals surface area contributed by atoms with Crippen LogP contribution in [0.4, 0.5) is 0 Å². The summed E-state index contributed by atoms with van der Waals surface area (Å²) in [4.78, 5) is 23.3. The fourth-order valence-electron chi connectivity index (χ4n) is 1.67. The Balaban J connectivity index is 2.15. The smallest absolute Gasteiger partial charge is 0.329 e. The highest BCUT2D eigenvalue weighted by Crippen LogP contribution is 2.15. The van der Waals surface area contributed by atoms with Crippen LogP contribution in [0.1, 0.15) is 30.6 Å². The topological polar surface area (TPSA) is 121 Å². The van der Waals surface area contributed by atoms with E-state index in [2.05, 4.69) is 25.9 Å². The van der Waals surface area contributed by atoms with Gasteiger partial charge in [-0.15, -0.1) is 10.2 Å². The van der Waals surface area contributed by atoms with Gasteiger partial charge in [-0.2, -0.15) is 5.21 Å². The van der Waals surface area contributed by atoms with E-state index >= 15 is 0 Å². The number of nitrogens with zero attached hydrogens (tertiary/aromatic N) is 3. The van der Waals surface area contributed by atoms with Gasteiger partial charge < -0.3 is 10.4 Å². The minimum absolute atomic E-state index is 0.287. The van der Waals surface area contributed by atoms with E-state index in [9.17, 15) is 9.59 Å². The van der Waals surface area contributed by atoms with E-state index < -0.39 is 17.4 Å². The second-order valence-electron chi connectivity index (χ2n) is 4.76. The quantitative estimate of drug-likeness (QED) is 0.750. The Hall–Kier alpha value is -2.77. The molecule has 0 aliphatic rings. The van der Waals surface area contributed by atoms with Crippen LogP contribution >= 0.6 is 0 Å². The van der Waals surface area contributed by atoms with Gasteiger partial charge in [-0.05, 0) is 30.7 Å². The molecule has 8 heteroatoms. The summed E-state index contributed by atoms with van der Waals surface area (Å²) >= 11 is 0. The number of carboxylic acid groups (broad SMARTS) is 1. The van der Waals surface area contributed by atoms with Crippen molar-refractivity contribution in [3.63, 3.8) is 0 Å². The number of hydrogen-bond donors (Lipinski definition) is 3. The molecule has 110 valence electrons. The van der Waals surface area contributed by atoms with E-state index in [4.69, 9.17) is 5.11 Å². The van der Waals surface area contributed by atoms with Crippen LogP contribution in [0.2, 0.25) is 0 Å². The summed E-state index contributed by atoms with van der Waals surface area (Å²) in [7, 11) is 0. The summed E-state index contributed by atoms with van der Waals surface area (Å²) < 4.78 is 0. The average Bonchev–Trinajstić information content (AvgIpc) is 3.01. The van der Waals surface area contributed by atoms with Gasteiger partial charge in [0.1, 0.15) is 5.54 Å². The van der Waals surface area contributed by atoms with Crippen molar-refractivity contribution < 1.29 is 14.7 Å². The number of amides is 1. The fraction of sp³-hybridized carbons (Fsp3) is 0.308. The first-order valence-electron chi connectivity index (χ1n) is 6.36. The van der Waals surface area contributed by atoms with Gasteiger partial charge in [0, 0.05) is 11.1 Å². The Morgan fingerprint density at radius 3 is 2.48 bits per heavy atom. The van der Waals surface area contributed by atoms with Gasteiger partial charge in [0.15, 0.2) is 0 Å². The summed E-state index contributed by atoms with van der Waals surface area (Å²) in [5.41, 5.74) is -0.219. The molecule has 1 heterocycles. The Labute approximate surface area is 120 Å². The van der Waals surface area contributed by atoms with E-state index in [0.717, 1.165) is 0 Å². The first kappa shape index (κ1) is 14.6. The van der Waals surface area contributed by atoms with Crippen LogP contribution in [0.25, 0.3) is 11.4 Å². The van der Waals surface area contributed by atoms with Crippen molar-refractivity contribution >= 4 is 11.9 Å². The van der Waals surface area contributed by atoms with Gasteiger partial charge in [-0.1, -0.05) is 19.1 Å². The van der Waals surface area contributed by atoms with Crippen molar-refractivity contribution in [1.82, 2.24) is 25.9 Å². The average molecular weight is 289 g/mol. The molecule has 2 aromatic rings. The third-order valence-corrected chi connectivity index (χ3v) is 3.32. The highest BCUT2D eigenvalue weighted by Gasteiger charge is 2.32. The van der Waals surface area contributed by atoms with Crippen LogP contribution in [0.3, 0.4) is 0 Å². The molecule has 2 rings (SSSR count). The molecule has 0 aliphatic heterocycles. The number of tetrazole rings is 1. The standard InChI is InChI=1S/C13H15N5O3/c1-3-13(2,12(20)21)14-11(19)9-6-4-8(5-7-9)10-15-17-18-16-10/h4-7H,3H2,1-2H3,(H,14,19)(H,20,21)(H,15,16,17,18). The molecule has 1 amide bonds. The molecule has 0 spiro atoms. The summed E-state index contributed by atoms with van der Waals surface area (Å²) in [6, 6.07) is 6.51. The molecule has 1 aromatic heterocycles. The van der Waals surface area contributed by atoms with E-state index in [1.807, 2.05) is 0 Å². The second kappa shape index (κ2) is 5.70.